The number of halogens is 1. The molecule has 0 saturated heterocycles. The average molecular weight is 317 g/mol. The van der Waals surface area contributed by atoms with E-state index in [1.165, 1.54) is 11.3 Å². The number of rotatable bonds is 4. The molecule has 1 heterocycles. The van der Waals surface area contributed by atoms with Crippen molar-refractivity contribution < 1.29 is 9.84 Å². The van der Waals surface area contributed by atoms with Crippen LogP contribution >= 0.6 is 22.9 Å². The van der Waals surface area contributed by atoms with E-state index in [2.05, 4.69) is 0 Å². The highest BCUT2D eigenvalue weighted by Gasteiger charge is 2.15. The first-order chi connectivity index (χ1) is 10.2. The third-order valence-corrected chi connectivity index (χ3v) is 4.48. The quantitative estimate of drug-likeness (QED) is 0.710. The third-order valence-electron chi connectivity index (χ3n) is 3.07. The fourth-order valence-corrected chi connectivity index (χ4v) is 3.17. The molecule has 106 valence electrons. The van der Waals surface area contributed by atoms with E-state index in [4.69, 9.17) is 16.3 Å². The van der Waals surface area contributed by atoms with Crippen LogP contribution in [0.2, 0.25) is 5.02 Å². The Labute approximate surface area is 132 Å². The number of ether oxygens (including phenoxy) is 1. The maximum absolute atomic E-state index is 10.3. The SMILES string of the molecule is OC(c1ccc(Oc2ccccc2)cc1)c1sccc1Cl. The minimum Gasteiger partial charge on any atom is -0.457 e. The lowest BCUT2D eigenvalue weighted by atomic mass is 10.1. The maximum atomic E-state index is 10.3. The van der Waals surface area contributed by atoms with Crippen LogP contribution in [0.5, 0.6) is 11.5 Å². The van der Waals surface area contributed by atoms with E-state index in [0.29, 0.717) is 5.02 Å². The van der Waals surface area contributed by atoms with Crippen LogP contribution in [0.3, 0.4) is 0 Å². The van der Waals surface area contributed by atoms with Crippen LogP contribution in [-0.2, 0) is 0 Å². The lowest BCUT2D eigenvalue weighted by Crippen LogP contribution is -1.97. The Kier molecular flexibility index (Phi) is 4.25. The zero-order valence-electron chi connectivity index (χ0n) is 11.1. The Morgan fingerprint density at radius 3 is 2.19 bits per heavy atom. The van der Waals surface area contributed by atoms with Gasteiger partial charge in [0.1, 0.15) is 17.6 Å². The van der Waals surface area contributed by atoms with Gasteiger partial charge in [-0.05, 0) is 41.3 Å². The summed E-state index contributed by atoms with van der Waals surface area (Å²) in [5.74, 6) is 1.52. The highest BCUT2D eigenvalue weighted by Crippen LogP contribution is 2.33. The van der Waals surface area contributed by atoms with Crippen molar-refractivity contribution in [2.45, 2.75) is 6.10 Å². The van der Waals surface area contributed by atoms with Crippen molar-refractivity contribution in [1.29, 1.82) is 0 Å². The van der Waals surface area contributed by atoms with E-state index in [1.54, 1.807) is 6.07 Å². The second-order valence-electron chi connectivity index (χ2n) is 4.52. The van der Waals surface area contributed by atoms with Gasteiger partial charge in [0.15, 0.2) is 0 Å². The van der Waals surface area contributed by atoms with E-state index in [9.17, 15) is 5.11 Å². The molecule has 3 aromatic rings. The summed E-state index contributed by atoms with van der Waals surface area (Å²) < 4.78 is 5.72. The molecule has 0 bridgehead atoms. The molecule has 1 N–H and O–H groups in total. The molecule has 0 aliphatic carbocycles. The summed E-state index contributed by atoms with van der Waals surface area (Å²) in [6.07, 6.45) is -0.705. The molecule has 0 aliphatic rings. The number of thiophene rings is 1. The molecule has 0 radical (unpaired) electrons. The van der Waals surface area contributed by atoms with Gasteiger partial charge in [-0.15, -0.1) is 11.3 Å². The summed E-state index contributed by atoms with van der Waals surface area (Å²) in [5.41, 5.74) is 0.791. The third kappa shape index (κ3) is 3.27. The fourth-order valence-electron chi connectivity index (χ4n) is 1.99. The van der Waals surface area contributed by atoms with Crippen molar-refractivity contribution in [2.75, 3.05) is 0 Å². The molecule has 4 heteroatoms. The van der Waals surface area contributed by atoms with Crippen molar-refractivity contribution in [2.24, 2.45) is 0 Å². The van der Waals surface area contributed by atoms with Crippen LogP contribution in [-0.4, -0.2) is 5.11 Å². The lowest BCUT2D eigenvalue weighted by Gasteiger charge is -2.11. The van der Waals surface area contributed by atoms with Crippen LogP contribution in [0.1, 0.15) is 16.5 Å². The molecule has 2 nitrogen and oxygen atoms in total. The Hall–Kier alpha value is -1.81. The van der Waals surface area contributed by atoms with Crippen LogP contribution in [0, 0.1) is 0 Å². The number of para-hydroxylation sites is 1. The van der Waals surface area contributed by atoms with Crippen molar-refractivity contribution in [3.05, 3.63) is 81.5 Å². The van der Waals surface area contributed by atoms with E-state index >= 15 is 0 Å². The van der Waals surface area contributed by atoms with Crippen molar-refractivity contribution in [3.8, 4) is 11.5 Å². The molecular weight excluding hydrogens is 304 g/mol. The summed E-state index contributed by atoms with van der Waals surface area (Å²) in [5, 5.41) is 12.8. The van der Waals surface area contributed by atoms with Gasteiger partial charge in [-0.25, -0.2) is 0 Å². The van der Waals surface area contributed by atoms with Crippen LogP contribution < -0.4 is 4.74 Å². The number of hydrogen-bond donors (Lipinski definition) is 1. The molecule has 2 aromatic carbocycles. The van der Waals surface area contributed by atoms with Crippen molar-refractivity contribution in [3.63, 3.8) is 0 Å². The highest BCUT2D eigenvalue weighted by molar-refractivity contribution is 7.10. The van der Waals surface area contributed by atoms with Gasteiger partial charge in [-0.1, -0.05) is 41.9 Å². The largest absolute Gasteiger partial charge is 0.457 e. The molecule has 0 aliphatic heterocycles. The summed E-state index contributed by atoms with van der Waals surface area (Å²) in [7, 11) is 0. The smallest absolute Gasteiger partial charge is 0.127 e. The molecule has 21 heavy (non-hydrogen) atoms. The van der Waals surface area contributed by atoms with Gasteiger partial charge in [-0.3, -0.25) is 0 Å². The number of aliphatic hydroxyl groups is 1. The number of benzene rings is 2. The maximum Gasteiger partial charge on any atom is 0.127 e. The number of hydrogen-bond acceptors (Lipinski definition) is 3. The molecule has 0 spiro atoms. The molecule has 0 amide bonds. The van der Waals surface area contributed by atoms with Crippen LogP contribution in [0.15, 0.2) is 66.0 Å². The zero-order valence-corrected chi connectivity index (χ0v) is 12.6. The van der Waals surface area contributed by atoms with Gasteiger partial charge >= 0.3 is 0 Å². The van der Waals surface area contributed by atoms with Gasteiger partial charge in [0.2, 0.25) is 0 Å². The van der Waals surface area contributed by atoms with E-state index < -0.39 is 6.10 Å². The highest BCUT2D eigenvalue weighted by atomic mass is 35.5. The first kappa shape index (κ1) is 14.1. The minimum absolute atomic E-state index is 0.595. The Bertz CT molecular complexity index is 707. The first-order valence-electron chi connectivity index (χ1n) is 6.48. The summed E-state index contributed by atoms with van der Waals surface area (Å²) >= 11 is 7.49. The van der Waals surface area contributed by atoms with E-state index in [0.717, 1.165) is 21.9 Å². The predicted molar refractivity (Wildman–Crippen MR) is 86.3 cm³/mol. The van der Waals surface area contributed by atoms with Crippen LogP contribution in [0.25, 0.3) is 0 Å². The van der Waals surface area contributed by atoms with Gasteiger partial charge in [0.05, 0.1) is 9.90 Å². The summed E-state index contributed by atoms with van der Waals surface area (Å²) in [4.78, 5) is 0.758. The number of aliphatic hydroxyl groups excluding tert-OH is 1. The molecule has 3 rings (SSSR count). The zero-order chi connectivity index (χ0) is 14.7. The van der Waals surface area contributed by atoms with Gasteiger partial charge in [0.25, 0.3) is 0 Å². The fraction of sp³-hybridized carbons (Fsp3) is 0.0588. The van der Waals surface area contributed by atoms with Crippen molar-refractivity contribution >= 4 is 22.9 Å². The standard InChI is InChI=1S/C17H13ClO2S/c18-15-10-11-21-17(15)16(19)12-6-8-14(9-7-12)20-13-4-2-1-3-5-13/h1-11,16,19H. The predicted octanol–water partition coefficient (Wildman–Crippen LogP) is 5.28. The first-order valence-corrected chi connectivity index (χ1v) is 7.73. The Morgan fingerprint density at radius 2 is 1.57 bits per heavy atom. The minimum atomic E-state index is -0.705. The van der Waals surface area contributed by atoms with Crippen molar-refractivity contribution in [1.82, 2.24) is 0 Å². The normalized spacial score (nSPS) is 12.1. The molecular formula is C17H13ClO2S. The van der Waals surface area contributed by atoms with Crippen LogP contribution in [0.4, 0.5) is 0 Å². The van der Waals surface area contributed by atoms with E-state index in [-0.39, 0.29) is 0 Å². The Morgan fingerprint density at radius 1 is 0.905 bits per heavy atom. The Balaban J connectivity index is 1.77. The monoisotopic (exact) mass is 316 g/mol. The molecule has 0 fully saturated rings. The topological polar surface area (TPSA) is 29.5 Å². The van der Waals surface area contributed by atoms with E-state index in [1.807, 2.05) is 60.0 Å². The molecule has 1 atom stereocenters. The molecule has 1 aromatic heterocycles. The molecule has 1 unspecified atom stereocenters. The summed E-state index contributed by atoms with van der Waals surface area (Å²) in [6, 6.07) is 18.7. The van der Waals surface area contributed by atoms with Gasteiger partial charge in [-0.2, -0.15) is 0 Å². The van der Waals surface area contributed by atoms with Gasteiger partial charge < -0.3 is 9.84 Å². The second-order valence-corrected chi connectivity index (χ2v) is 5.87. The molecule has 0 saturated carbocycles. The lowest BCUT2D eigenvalue weighted by molar-refractivity contribution is 0.224. The second kappa shape index (κ2) is 6.31. The summed E-state index contributed by atoms with van der Waals surface area (Å²) in [6.45, 7) is 0. The van der Waals surface area contributed by atoms with Gasteiger partial charge in [0, 0.05) is 0 Å². The average Bonchev–Trinajstić information content (AvgIpc) is 2.94.